The third kappa shape index (κ3) is 9.39. The van der Waals surface area contributed by atoms with Gasteiger partial charge >= 0.3 is 0 Å². The van der Waals surface area contributed by atoms with Crippen molar-refractivity contribution in [2.45, 2.75) is 20.8 Å². The Morgan fingerprint density at radius 1 is 1.38 bits per heavy atom. The zero-order chi connectivity index (χ0) is 6.99. The molecule has 0 radical (unpaired) electrons. The third-order valence-electron chi connectivity index (χ3n) is 0.610. The van der Waals surface area contributed by atoms with Gasteiger partial charge in [-0.05, 0) is 13.2 Å². The SMILES string of the molecule is CC.CN=C(C)SC. The fourth-order valence-corrected chi connectivity index (χ4v) is 0.274. The predicted molar refractivity (Wildman–Crippen MR) is 43.9 cm³/mol. The second kappa shape index (κ2) is 10.1. The molecule has 0 atom stereocenters. The lowest BCUT2D eigenvalue weighted by atomic mass is 10.9. The van der Waals surface area contributed by atoms with Crippen LogP contribution in [-0.4, -0.2) is 18.3 Å². The molecule has 0 rings (SSSR count). The van der Waals surface area contributed by atoms with E-state index in [1.54, 1.807) is 18.8 Å². The minimum atomic E-state index is 1.13. The summed E-state index contributed by atoms with van der Waals surface area (Å²) in [4.78, 5) is 3.89. The van der Waals surface area contributed by atoms with Crippen LogP contribution in [0.2, 0.25) is 0 Å². The van der Waals surface area contributed by atoms with Crippen LogP contribution in [0.4, 0.5) is 0 Å². The van der Waals surface area contributed by atoms with E-state index in [2.05, 4.69) is 4.99 Å². The van der Waals surface area contributed by atoms with Crippen LogP contribution in [0.5, 0.6) is 0 Å². The minimum Gasteiger partial charge on any atom is -0.287 e. The standard InChI is InChI=1S/C4H9NS.C2H6/c1-4(5-2)6-3;1-2/h1-3H3;1-2H3. The summed E-state index contributed by atoms with van der Waals surface area (Å²) in [5.74, 6) is 0. The number of hydrogen-bond donors (Lipinski definition) is 0. The lowest BCUT2D eigenvalue weighted by Gasteiger charge is -1.83. The van der Waals surface area contributed by atoms with E-state index in [4.69, 9.17) is 0 Å². The fourth-order valence-electron chi connectivity index (χ4n) is 0.0913. The summed E-state index contributed by atoms with van der Waals surface area (Å²) in [6.07, 6.45) is 2.02. The molecule has 0 fully saturated rings. The summed E-state index contributed by atoms with van der Waals surface area (Å²) in [5.41, 5.74) is 0. The van der Waals surface area contributed by atoms with Gasteiger partial charge in [0.15, 0.2) is 0 Å². The Labute approximate surface area is 56.6 Å². The van der Waals surface area contributed by atoms with Crippen molar-refractivity contribution in [1.29, 1.82) is 0 Å². The number of aliphatic imine (C=N–C) groups is 1. The first kappa shape index (κ1) is 10.9. The van der Waals surface area contributed by atoms with E-state index in [-0.39, 0.29) is 0 Å². The van der Waals surface area contributed by atoms with Crippen molar-refractivity contribution < 1.29 is 0 Å². The van der Waals surface area contributed by atoms with Crippen molar-refractivity contribution in [3.8, 4) is 0 Å². The summed E-state index contributed by atoms with van der Waals surface area (Å²) in [6, 6.07) is 0. The molecule has 0 spiro atoms. The molecule has 1 nitrogen and oxygen atoms in total. The Morgan fingerprint density at radius 2 is 1.75 bits per heavy atom. The lowest BCUT2D eigenvalue weighted by Crippen LogP contribution is -1.76. The molecule has 0 heterocycles. The molecular formula is C6H15NS. The first-order valence-corrected chi connectivity index (χ1v) is 4.01. The Balaban J connectivity index is 0. The highest BCUT2D eigenvalue weighted by Crippen LogP contribution is 1.92. The molecule has 0 aromatic rings. The van der Waals surface area contributed by atoms with Crippen molar-refractivity contribution in [1.82, 2.24) is 0 Å². The molecule has 0 aromatic carbocycles. The smallest absolute Gasteiger partial charge is 0.0638 e. The average molecular weight is 133 g/mol. The molecule has 0 aliphatic heterocycles. The fraction of sp³-hybridized carbons (Fsp3) is 0.833. The highest BCUT2D eigenvalue weighted by molar-refractivity contribution is 8.13. The molecule has 0 saturated carbocycles. The Kier molecular flexibility index (Phi) is 13.8. The maximum atomic E-state index is 3.89. The van der Waals surface area contributed by atoms with Crippen molar-refractivity contribution >= 4 is 16.8 Å². The summed E-state index contributed by atoms with van der Waals surface area (Å²) in [7, 11) is 1.80. The van der Waals surface area contributed by atoms with E-state index in [9.17, 15) is 0 Å². The van der Waals surface area contributed by atoms with Gasteiger partial charge in [-0.25, -0.2) is 0 Å². The van der Waals surface area contributed by atoms with Crippen LogP contribution in [0.15, 0.2) is 4.99 Å². The average Bonchev–Trinajstić information content (AvgIpc) is 1.91. The first-order valence-electron chi connectivity index (χ1n) is 2.78. The van der Waals surface area contributed by atoms with Gasteiger partial charge in [0.2, 0.25) is 0 Å². The van der Waals surface area contributed by atoms with Crippen molar-refractivity contribution in [2.24, 2.45) is 4.99 Å². The van der Waals surface area contributed by atoms with Gasteiger partial charge in [-0.1, -0.05) is 13.8 Å². The molecular weight excluding hydrogens is 118 g/mol. The number of nitrogens with zero attached hydrogens (tertiary/aromatic N) is 1. The van der Waals surface area contributed by atoms with Gasteiger partial charge in [0, 0.05) is 7.05 Å². The molecule has 0 aliphatic carbocycles. The maximum absolute atomic E-state index is 3.89. The quantitative estimate of drug-likeness (QED) is 0.365. The van der Waals surface area contributed by atoms with Crippen LogP contribution in [0, 0.1) is 0 Å². The summed E-state index contributed by atoms with van der Waals surface area (Å²) < 4.78 is 0. The van der Waals surface area contributed by atoms with E-state index in [1.807, 2.05) is 27.0 Å². The number of thioether (sulfide) groups is 1. The highest BCUT2D eigenvalue weighted by atomic mass is 32.2. The molecule has 0 bridgehead atoms. The van der Waals surface area contributed by atoms with E-state index >= 15 is 0 Å². The first-order chi connectivity index (χ1) is 3.81. The van der Waals surface area contributed by atoms with Gasteiger partial charge in [0.05, 0.1) is 5.04 Å². The lowest BCUT2D eigenvalue weighted by molar-refractivity contribution is 1.45. The molecule has 0 aliphatic rings. The van der Waals surface area contributed by atoms with E-state index < -0.39 is 0 Å². The van der Waals surface area contributed by atoms with E-state index in [1.165, 1.54) is 0 Å². The topological polar surface area (TPSA) is 12.4 Å². The molecule has 0 aromatic heterocycles. The zero-order valence-electron chi connectivity index (χ0n) is 6.36. The molecule has 50 valence electrons. The van der Waals surface area contributed by atoms with Gasteiger partial charge < -0.3 is 0 Å². The van der Waals surface area contributed by atoms with Gasteiger partial charge in [0.1, 0.15) is 0 Å². The second-order valence-electron chi connectivity index (χ2n) is 0.947. The van der Waals surface area contributed by atoms with Gasteiger partial charge in [0.25, 0.3) is 0 Å². The van der Waals surface area contributed by atoms with Gasteiger partial charge in [-0.2, -0.15) is 0 Å². The van der Waals surface area contributed by atoms with Crippen molar-refractivity contribution in [2.75, 3.05) is 13.3 Å². The van der Waals surface area contributed by atoms with Gasteiger partial charge in [-0.3, -0.25) is 4.99 Å². The summed E-state index contributed by atoms with van der Waals surface area (Å²) in [6.45, 7) is 5.99. The number of hydrogen-bond acceptors (Lipinski definition) is 2. The van der Waals surface area contributed by atoms with Crippen LogP contribution >= 0.6 is 11.8 Å². The summed E-state index contributed by atoms with van der Waals surface area (Å²) in [5, 5.41) is 1.13. The monoisotopic (exact) mass is 133 g/mol. The molecule has 2 heteroatoms. The summed E-state index contributed by atoms with van der Waals surface area (Å²) >= 11 is 1.67. The normalized spacial score (nSPS) is 9.88. The van der Waals surface area contributed by atoms with Crippen LogP contribution in [0.25, 0.3) is 0 Å². The third-order valence-corrected chi connectivity index (χ3v) is 1.38. The second-order valence-corrected chi connectivity index (χ2v) is 1.95. The molecule has 0 saturated heterocycles. The van der Waals surface area contributed by atoms with Gasteiger partial charge in [-0.15, -0.1) is 11.8 Å². The molecule has 8 heavy (non-hydrogen) atoms. The van der Waals surface area contributed by atoms with Crippen LogP contribution < -0.4 is 0 Å². The Bertz CT molecular complexity index is 59.5. The largest absolute Gasteiger partial charge is 0.287 e. The van der Waals surface area contributed by atoms with E-state index in [0.717, 1.165) is 5.04 Å². The van der Waals surface area contributed by atoms with Crippen molar-refractivity contribution in [3.05, 3.63) is 0 Å². The Morgan fingerprint density at radius 3 is 1.75 bits per heavy atom. The van der Waals surface area contributed by atoms with Crippen LogP contribution in [-0.2, 0) is 0 Å². The van der Waals surface area contributed by atoms with Crippen LogP contribution in [0.1, 0.15) is 20.8 Å². The van der Waals surface area contributed by atoms with E-state index in [0.29, 0.717) is 0 Å². The van der Waals surface area contributed by atoms with Crippen LogP contribution in [0.3, 0.4) is 0 Å². The predicted octanol–water partition coefficient (Wildman–Crippen LogP) is 2.42. The molecule has 0 unspecified atom stereocenters. The highest BCUT2D eigenvalue weighted by Gasteiger charge is 1.75. The zero-order valence-corrected chi connectivity index (χ0v) is 7.17. The number of rotatable bonds is 0. The Hall–Kier alpha value is 0.0200. The maximum Gasteiger partial charge on any atom is 0.0638 e. The molecule has 0 amide bonds. The minimum absolute atomic E-state index is 1.13. The van der Waals surface area contributed by atoms with Crippen molar-refractivity contribution in [3.63, 3.8) is 0 Å². The molecule has 0 N–H and O–H groups in total.